The molecule has 0 aliphatic carbocycles. The molecular formula is C7H8ClN5S. The highest BCUT2D eigenvalue weighted by Gasteiger charge is 2.02. The maximum absolute atomic E-state index is 5.80. The van der Waals surface area contributed by atoms with Crippen LogP contribution in [0.3, 0.4) is 0 Å². The summed E-state index contributed by atoms with van der Waals surface area (Å²) >= 11 is 7.36. The molecule has 0 aromatic carbocycles. The van der Waals surface area contributed by atoms with Crippen molar-refractivity contribution in [3.8, 4) is 0 Å². The minimum atomic E-state index is 0.340. The molecule has 0 radical (unpaired) electrons. The molecule has 0 saturated heterocycles. The lowest BCUT2D eigenvalue weighted by Crippen LogP contribution is -2.06. The van der Waals surface area contributed by atoms with Crippen molar-refractivity contribution in [2.75, 3.05) is 5.73 Å². The highest BCUT2D eigenvalue weighted by atomic mass is 35.5. The number of tetrazole rings is 1. The molecule has 7 heteroatoms. The molecule has 0 saturated carbocycles. The minimum Gasteiger partial charge on any atom is -0.367 e. The van der Waals surface area contributed by atoms with Gasteiger partial charge in [-0.15, -0.1) is 11.3 Å². The Hall–Kier alpha value is -1.14. The molecule has 2 heterocycles. The van der Waals surface area contributed by atoms with Crippen molar-refractivity contribution in [3.63, 3.8) is 0 Å². The molecule has 0 aliphatic heterocycles. The number of thiophene rings is 1. The third-order valence-corrected chi connectivity index (χ3v) is 3.05. The Morgan fingerprint density at radius 3 is 2.93 bits per heavy atom. The Morgan fingerprint density at radius 2 is 2.36 bits per heavy atom. The van der Waals surface area contributed by atoms with Gasteiger partial charge in [-0.1, -0.05) is 16.7 Å². The normalized spacial score (nSPS) is 10.6. The fourth-order valence-electron chi connectivity index (χ4n) is 1.07. The molecule has 2 rings (SSSR count). The van der Waals surface area contributed by atoms with Crippen LogP contribution in [0.1, 0.15) is 4.88 Å². The average molecular weight is 230 g/mol. The number of anilines is 1. The van der Waals surface area contributed by atoms with Crippen LogP contribution >= 0.6 is 22.9 Å². The van der Waals surface area contributed by atoms with E-state index in [1.54, 1.807) is 16.0 Å². The molecular weight excluding hydrogens is 222 g/mol. The molecule has 5 nitrogen and oxygen atoms in total. The summed E-state index contributed by atoms with van der Waals surface area (Å²) in [7, 11) is 0. The number of aryl methyl sites for hydroxylation is 2. The molecule has 14 heavy (non-hydrogen) atoms. The van der Waals surface area contributed by atoms with Gasteiger partial charge < -0.3 is 5.73 Å². The fraction of sp³-hybridized carbons (Fsp3) is 0.286. The van der Waals surface area contributed by atoms with Gasteiger partial charge in [0.15, 0.2) is 0 Å². The SMILES string of the molecule is Nc1nnnn1CCc1ccc(Cl)s1. The van der Waals surface area contributed by atoms with E-state index >= 15 is 0 Å². The van der Waals surface area contributed by atoms with Gasteiger partial charge in [-0.3, -0.25) is 0 Å². The predicted molar refractivity (Wildman–Crippen MR) is 55.3 cm³/mol. The fourth-order valence-corrected chi connectivity index (χ4v) is 2.15. The number of aromatic nitrogens is 4. The Kier molecular flexibility index (Phi) is 2.64. The summed E-state index contributed by atoms with van der Waals surface area (Å²) in [6.07, 6.45) is 0.840. The first kappa shape index (κ1) is 9.42. The Labute approximate surface area is 89.5 Å². The van der Waals surface area contributed by atoms with Crippen LogP contribution in [-0.4, -0.2) is 20.2 Å². The smallest absolute Gasteiger partial charge is 0.240 e. The standard InChI is InChI=1S/C7H8ClN5S/c8-6-2-1-5(14-6)3-4-13-7(9)10-11-12-13/h1-2H,3-4H2,(H2,9,10,12). The minimum absolute atomic E-state index is 0.340. The van der Waals surface area contributed by atoms with E-state index in [0.717, 1.165) is 10.8 Å². The first-order valence-electron chi connectivity index (χ1n) is 4.01. The largest absolute Gasteiger partial charge is 0.367 e. The highest BCUT2D eigenvalue weighted by Crippen LogP contribution is 2.21. The molecule has 2 N–H and O–H groups in total. The van der Waals surface area contributed by atoms with Gasteiger partial charge in [-0.25, -0.2) is 4.68 Å². The molecule has 0 spiro atoms. The second kappa shape index (κ2) is 3.93. The van der Waals surface area contributed by atoms with Crippen LogP contribution in [0.5, 0.6) is 0 Å². The Bertz CT molecular complexity index is 423. The molecule has 0 fully saturated rings. The maximum atomic E-state index is 5.80. The van der Waals surface area contributed by atoms with E-state index < -0.39 is 0 Å². The van der Waals surface area contributed by atoms with Gasteiger partial charge in [0, 0.05) is 11.3 Å². The van der Waals surface area contributed by atoms with Gasteiger partial charge in [0.2, 0.25) is 5.95 Å². The van der Waals surface area contributed by atoms with E-state index in [-0.39, 0.29) is 0 Å². The van der Waals surface area contributed by atoms with Crippen molar-refractivity contribution in [1.29, 1.82) is 0 Å². The van der Waals surface area contributed by atoms with Crippen molar-refractivity contribution in [2.24, 2.45) is 0 Å². The van der Waals surface area contributed by atoms with E-state index in [9.17, 15) is 0 Å². The summed E-state index contributed by atoms with van der Waals surface area (Å²) in [5, 5.41) is 10.8. The topological polar surface area (TPSA) is 69.6 Å². The van der Waals surface area contributed by atoms with Crippen molar-refractivity contribution in [2.45, 2.75) is 13.0 Å². The van der Waals surface area contributed by atoms with Crippen molar-refractivity contribution in [3.05, 3.63) is 21.3 Å². The van der Waals surface area contributed by atoms with Crippen LogP contribution in [0.15, 0.2) is 12.1 Å². The molecule has 2 aromatic heterocycles. The second-order valence-corrected chi connectivity index (χ2v) is 4.52. The lowest BCUT2D eigenvalue weighted by atomic mass is 10.3. The lowest BCUT2D eigenvalue weighted by Gasteiger charge is -1.98. The maximum Gasteiger partial charge on any atom is 0.240 e. The number of rotatable bonds is 3. The van der Waals surface area contributed by atoms with E-state index in [1.807, 2.05) is 12.1 Å². The van der Waals surface area contributed by atoms with Gasteiger partial charge in [0.1, 0.15) is 0 Å². The van der Waals surface area contributed by atoms with E-state index in [1.165, 1.54) is 4.88 Å². The summed E-state index contributed by atoms with van der Waals surface area (Å²) in [5.74, 6) is 0.340. The molecule has 0 bridgehead atoms. The zero-order chi connectivity index (χ0) is 9.97. The van der Waals surface area contributed by atoms with Crippen molar-refractivity contribution < 1.29 is 0 Å². The third-order valence-electron chi connectivity index (χ3n) is 1.76. The molecule has 0 atom stereocenters. The van der Waals surface area contributed by atoms with Gasteiger partial charge in [-0.05, 0) is 22.6 Å². The number of nitrogen functional groups attached to an aromatic ring is 1. The van der Waals surface area contributed by atoms with Crippen LogP contribution in [0, 0.1) is 0 Å². The summed E-state index contributed by atoms with van der Waals surface area (Å²) in [4.78, 5) is 1.20. The van der Waals surface area contributed by atoms with E-state index in [0.29, 0.717) is 12.5 Å². The van der Waals surface area contributed by atoms with Crippen LogP contribution in [0.4, 0.5) is 5.95 Å². The van der Waals surface area contributed by atoms with Crippen LogP contribution < -0.4 is 5.73 Å². The molecule has 74 valence electrons. The van der Waals surface area contributed by atoms with Gasteiger partial charge in [0.25, 0.3) is 0 Å². The van der Waals surface area contributed by atoms with Crippen LogP contribution in [0.25, 0.3) is 0 Å². The van der Waals surface area contributed by atoms with Crippen molar-refractivity contribution >= 4 is 28.9 Å². The summed E-state index contributed by atoms with van der Waals surface area (Å²) < 4.78 is 2.36. The first-order valence-corrected chi connectivity index (χ1v) is 5.21. The number of hydrogen-bond donors (Lipinski definition) is 1. The number of nitrogens with zero attached hydrogens (tertiary/aromatic N) is 4. The quantitative estimate of drug-likeness (QED) is 0.859. The average Bonchev–Trinajstić information content (AvgIpc) is 2.72. The predicted octanol–water partition coefficient (Wildman–Crippen LogP) is 1.21. The molecule has 0 unspecified atom stereocenters. The molecule has 0 amide bonds. The zero-order valence-electron chi connectivity index (χ0n) is 7.22. The highest BCUT2D eigenvalue weighted by molar-refractivity contribution is 7.16. The first-order chi connectivity index (χ1) is 6.75. The number of hydrogen-bond acceptors (Lipinski definition) is 5. The van der Waals surface area contributed by atoms with E-state index in [2.05, 4.69) is 15.5 Å². The van der Waals surface area contributed by atoms with Gasteiger partial charge in [0.05, 0.1) is 10.9 Å². The Balaban J connectivity index is 1.98. The summed E-state index contributed by atoms with van der Waals surface area (Å²) in [5.41, 5.74) is 5.51. The van der Waals surface area contributed by atoms with Crippen LogP contribution in [0.2, 0.25) is 4.34 Å². The lowest BCUT2D eigenvalue weighted by molar-refractivity contribution is 0.598. The number of nitrogens with two attached hydrogens (primary N) is 1. The third kappa shape index (κ3) is 2.02. The van der Waals surface area contributed by atoms with Gasteiger partial charge in [-0.2, -0.15) is 0 Å². The summed E-state index contributed by atoms with van der Waals surface area (Å²) in [6.45, 7) is 0.676. The monoisotopic (exact) mass is 229 g/mol. The van der Waals surface area contributed by atoms with Crippen molar-refractivity contribution in [1.82, 2.24) is 20.2 Å². The zero-order valence-corrected chi connectivity index (χ0v) is 8.79. The molecule has 0 aliphatic rings. The summed E-state index contributed by atoms with van der Waals surface area (Å²) in [6, 6.07) is 3.87. The second-order valence-electron chi connectivity index (χ2n) is 2.72. The van der Waals surface area contributed by atoms with Crippen LogP contribution in [-0.2, 0) is 13.0 Å². The number of halogens is 1. The van der Waals surface area contributed by atoms with E-state index in [4.69, 9.17) is 17.3 Å². The molecule has 2 aromatic rings. The Morgan fingerprint density at radius 1 is 1.50 bits per heavy atom. The van der Waals surface area contributed by atoms with Gasteiger partial charge >= 0.3 is 0 Å².